The third-order valence-electron chi connectivity index (χ3n) is 2.91. The fraction of sp³-hybridized carbons (Fsp3) is 0. The smallest absolute Gasteiger partial charge is 0.295 e. The molecule has 0 fully saturated rings. The van der Waals surface area contributed by atoms with Crippen LogP contribution in [-0.4, -0.2) is 25.9 Å². The Morgan fingerprint density at radius 1 is 0.842 bits per heavy atom. The Balaban J connectivity index is 0.00000133. The Bertz CT molecular complexity index is 862. The molecule has 19 heavy (non-hydrogen) atoms. The Kier molecular flexibility index (Phi) is 2.74. The topological polar surface area (TPSA) is 144 Å². The van der Waals surface area contributed by atoms with Crippen molar-refractivity contribution >= 4 is 38.0 Å². The van der Waals surface area contributed by atoms with Crippen molar-refractivity contribution in [3.63, 3.8) is 0 Å². The lowest BCUT2D eigenvalue weighted by Crippen LogP contribution is -2.07. The molecule has 2 aliphatic carbocycles. The summed E-state index contributed by atoms with van der Waals surface area (Å²) >= 11 is 0. The molecule has 0 aliphatic heterocycles. The number of allylic oxidation sites excluding steroid dienone is 2. The summed E-state index contributed by atoms with van der Waals surface area (Å²) in [5.74, 6) is 0. The largest absolute Gasteiger partial charge is 0.344 e. The number of benzene rings is 1. The van der Waals surface area contributed by atoms with E-state index in [9.17, 15) is 16.8 Å². The highest BCUT2D eigenvalue weighted by molar-refractivity contribution is 7.86. The van der Waals surface area contributed by atoms with Crippen LogP contribution in [0.5, 0.6) is 0 Å². The predicted octanol–water partition coefficient (Wildman–Crippen LogP) is 1.22. The van der Waals surface area contributed by atoms with Crippen LogP contribution in [0.1, 0.15) is 16.7 Å². The lowest BCUT2D eigenvalue weighted by Gasteiger charge is -2.08. The van der Waals surface area contributed by atoms with Gasteiger partial charge in [-0.15, -0.1) is 0 Å². The molecular formula is C10H9NO6S2. The second-order valence-electron chi connectivity index (χ2n) is 3.96. The third-order valence-corrected chi connectivity index (χ3v) is 4.68. The monoisotopic (exact) mass is 303 g/mol. The molecule has 0 heterocycles. The fourth-order valence-corrected chi connectivity index (χ4v) is 3.78. The molecular weight excluding hydrogens is 294 g/mol. The van der Waals surface area contributed by atoms with Gasteiger partial charge < -0.3 is 6.15 Å². The minimum Gasteiger partial charge on any atom is -0.344 e. The molecule has 7 nitrogen and oxygen atoms in total. The van der Waals surface area contributed by atoms with Crippen LogP contribution in [0, 0.1) is 0 Å². The minimum atomic E-state index is -4.57. The highest BCUT2D eigenvalue weighted by Crippen LogP contribution is 2.46. The molecule has 0 saturated carbocycles. The Labute approximate surface area is 109 Å². The van der Waals surface area contributed by atoms with E-state index in [1.807, 2.05) is 0 Å². The van der Waals surface area contributed by atoms with Crippen LogP contribution < -0.4 is 6.15 Å². The average Bonchev–Trinajstić information content (AvgIpc) is 2.69. The number of hydrogen-bond donors (Lipinski definition) is 3. The molecule has 0 radical (unpaired) electrons. The molecule has 0 spiro atoms. The fourth-order valence-electron chi connectivity index (χ4n) is 2.24. The van der Waals surface area contributed by atoms with E-state index in [4.69, 9.17) is 9.11 Å². The van der Waals surface area contributed by atoms with E-state index >= 15 is 0 Å². The van der Waals surface area contributed by atoms with E-state index < -0.39 is 30.0 Å². The van der Waals surface area contributed by atoms with Gasteiger partial charge in [0.1, 0.15) is 9.79 Å². The van der Waals surface area contributed by atoms with E-state index in [1.54, 1.807) is 12.2 Å². The van der Waals surface area contributed by atoms with Gasteiger partial charge in [0.2, 0.25) is 0 Å². The molecule has 9 heteroatoms. The predicted molar refractivity (Wildman–Crippen MR) is 68.0 cm³/mol. The first-order valence-electron chi connectivity index (χ1n) is 4.76. The molecule has 0 unspecified atom stereocenters. The zero-order valence-electron chi connectivity index (χ0n) is 9.36. The Morgan fingerprint density at radius 2 is 1.42 bits per heavy atom. The quantitative estimate of drug-likeness (QED) is 0.696. The van der Waals surface area contributed by atoms with E-state index in [1.165, 1.54) is 6.08 Å². The van der Waals surface area contributed by atoms with Crippen LogP contribution in [-0.2, 0) is 20.2 Å². The number of rotatable bonds is 2. The Morgan fingerprint density at radius 3 is 1.95 bits per heavy atom. The van der Waals surface area contributed by atoms with E-state index in [2.05, 4.69) is 0 Å². The molecule has 0 saturated heterocycles. The molecule has 3 rings (SSSR count). The van der Waals surface area contributed by atoms with Gasteiger partial charge in [-0.2, -0.15) is 16.8 Å². The van der Waals surface area contributed by atoms with Crippen LogP contribution in [0.4, 0.5) is 0 Å². The maximum Gasteiger partial charge on any atom is 0.295 e. The first-order valence-corrected chi connectivity index (χ1v) is 7.64. The molecule has 4 bridgehead atoms. The van der Waals surface area contributed by atoms with E-state index in [0.717, 1.165) is 6.07 Å². The van der Waals surface area contributed by atoms with Crippen LogP contribution in [0.25, 0.3) is 17.7 Å². The SMILES string of the molecule is N.O=S(=O)(O)c1cc(S(=O)(=O)O)c2c3c1C=C2C=C3. The molecule has 102 valence electrons. The third kappa shape index (κ3) is 1.83. The van der Waals surface area contributed by atoms with Crippen molar-refractivity contribution in [1.29, 1.82) is 0 Å². The van der Waals surface area contributed by atoms with E-state index in [0.29, 0.717) is 11.1 Å². The van der Waals surface area contributed by atoms with Crippen molar-refractivity contribution in [1.82, 2.24) is 6.15 Å². The van der Waals surface area contributed by atoms with Crippen molar-refractivity contribution in [2.45, 2.75) is 9.79 Å². The van der Waals surface area contributed by atoms with Crippen LogP contribution in [0.3, 0.4) is 0 Å². The lowest BCUT2D eigenvalue weighted by atomic mass is 10.1. The summed E-state index contributed by atoms with van der Waals surface area (Å²) in [6, 6.07) is 0.773. The highest BCUT2D eigenvalue weighted by atomic mass is 32.2. The summed E-state index contributed by atoms with van der Waals surface area (Å²) in [6.07, 6.45) is 4.62. The van der Waals surface area contributed by atoms with Gasteiger partial charge in [-0.1, -0.05) is 12.2 Å². The second kappa shape index (κ2) is 3.74. The summed E-state index contributed by atoms with van der Waals surface area (Å²) in [7, 11) is -9.13. The standard InChI is InChI=1S/C10H6O6S2.H3N/c11-17(12,13)8-4-9(18(14,15)16)10-5-1-2-6(10)7(8)3-5;/h1-4H,(H,11,12,13)(H,14,15,16);1H3. The summed E-state index contributed by atoms with van der Waals surface area (Å²) in [5, 5.41) is 0. The molecule has 1 aromatic carbocycles. The van der Waals surface area contributed by atoms with Gasteiger partial charge in [-0.25, -0.2) is 0 Å². The van der Waals surface area contributed by atoms with Crippen molar-refractivity contribution in [2.24, 2.45) is 0 Å². The molecule has 0 aromatic heterocycles. The van der Waals surface area contributed by atoms with Crippen LogP contribution >= 0.6 is 0 Å². The van der Waals surface area contributed by atoms with Crippen molar-refractivity contribution in [3.8, 4) is 0 Å². The maximum absolute atomic E-state index is 11.3. The lowest BCUT2D eigenvalue weighted by molar-refractivity contribution is 0.481. The van der Waals surface area contributed by atoms with Crippen LogP contribution in [0.15, 0.2) is 21.9 Å². The molecule has 1 aromatic rings. The van der Waals surface area contributed by atoms with Gasteiger partial charge in [0.05, 0.1) is 0 Å². The maximum atomic E-state index is 11.3. The van der Waals surface area contributed by atoms with Gasteiger partial charge in [-0.3, -0.25) is 9.11 Å². The molecule has 0 atom stereocenters. The number of hydrogen-bond acceptors (Lipinski definition) is 5. The van der Waals surface area contributed by atoms with Crippen LogP contribution in [0.2, 0.25) is 0 Å². The zero-order valence-corrected chi connectivity index (χ0v) is 11.0. The van der Waals surface area contributed by atoms with Gasteiger partial charge in [0, 0.05) is 11.1 Å². The summed E-state index contributed by atoms with van der Waals surface area (Å²) in [6.45, 7) is 0. The summed E-state index contributed by atoms with van der Waals surface area (Å²) < 4.78 is 63.2. The Hall–Kier alpha value is -1.52. The highest BCUT2D eigenvalue weighted by Gasteiger charge is 2.34. The van der Waals surface area contributed by atoms with Gasteiger partial charge in [-0.05, 0) is 23.3 Å². The summed E-state index contributed by atoms with van der Waals surface area (Å²) in [4.78, 5) is -1.03. The van der Waals surface area contributed by atoms with E-state index in [-0.39, 0.29) is 17.3 Å². The van der Waals surface area contributed by atoms with Crippen molar-refractivity contribution in [3.05, 3.63) is 28.8 Å². The van der Waals surface area contributed by atoms with Crippen molar-refractivity contribution in [2.75, 3.05) is 0 Å². The van der Waals surface area contributed by atoms with Gasteiger partial charge in [0.25, 0.3) is 20.2 Å². The molecule has 0 amide bonds. The summed E-state index contributed by atoms with van der Waals surface area (Å²) in [5.41, 5.74) is 1.41. The van der Waals surface area contributed by atoms with Crippen molar-refractivity contribution < 1.29 is 25.9 Å². The first kappa shape index (κ1) is 13.9. The van der Waals surface area contributed by atoms with Gasteiger partial charge >= 0.3 is 0 Å². The average molecular weight is 303 g/mol. The first-order chi connectivity index (χ1) is 8.19. The normalized spacial score (nSPS) is 15.4. The molecule has 2 aliphatic rings. The second-order valence-corrected chi connectivity index (χ2v) is 6.74. The minimum absolute atomic E-state index is 0. The van der Waals surface area contributed by atoms with Gasteiger partial charge in [0.15, 0.2) is 0 Å². The molecule has 5 N–H and O–H groups in total. The zero-order chi connectivity index (χ0) is 13.3.